The number of carbonyl (C=O) groups is 1. The Hall–Kier alpha value is -2.62. The van der Waals surface area contributed by atoms with Crippen LogP contribution in [0.5, 0.6) is 0 Å². The van der Waals surface area contributed by atoms with Crippen LogP contribution in [0.4, 0.5) is 5.82 Å². The average Bonchev–Trinajstić information content (AvgIpc) is 3.33. The van der Waals surface area contributed by atoms with Crippen molar-refractivity contribution in [3.63, 3.8) is 0 Å². The number of nitrogens with zero attached hydrogens (tertiary/aromatic N) is 2. The molecule has 0 unspecified atom stereocenters. The van der Waals surface area contributed by atoms with Gasteiger partial charge < -0.3 is 9.88 Å². The van der Waals surface area contributed by atoms with E-state index in [2.05, 4.69) is 52.1 Å². The summed E-state index contributed by atoms with van der Waals surface area (Å²) in [6.45, 7) is 2.10. The smallest absolute Gasteiger partial charge is 0.228 e. The first-order chi connectivity index (χ1) is 11.1. The second-order valence-electron chi connectivity index (χ2n) is 6.35. The standard InChI is InChI=1S/C19H19N3O/c1-12-4-3-5-14(8-12)16-9-15-11-20-18(10-17(15)22(16)2)21-19(23)13-6-7-13/h3-5,8-11,13H,6-7H2,1-2H3,(H,20,21,23). The Morgan fingerprint density at radius 1 is 1.26 bits per heavy atom. The van der Waals surface area contributed by atoms with Gasteiger partial charge in [-0.25, -0.2) is 4.98 Å². The van der Waals surface area contributed by atoms with Crippen LogP contribution in [0, 0.1) is 12.8 Å². The van der Waals surface area contributed by atoms with Crippen LogP contribution in [0.15, 0.2) is 42.6 Å². The fourth-order valence-corrected chi connectivity index (χ4v) is 2.95. The number of nitrogens with one attached hydrogen (secondary N) is 1. The lowest BCUT2D eigenvalue weighted by atomic mass is 10.1. The number of aryl methyl sites for hydroxylation is 2. The monoisotopic (exact) mass is 305 g/mol. The zero-order chi connectivity index (χ0) is 16.0. The Bertz CT molecular complexity index is 906. The molecule has 2 aromatic heterocycles. The van der Waals surface area contributed by atoms with Gasteiger partial charge in [0.15, 0.2) is 0 Å². The minimum absolute atomic E-state index is 0.0879. The Balaban J connectivity index is 1.74. The van der Waals surface area contributed by atoms with Crippen molar-refractivity contribution in [3.8, 4) is 11.3 Å². The Morgan fingerprint density at radius 2 is 2.09 bits per heavy atom. The van der Waals surface area contributed by atoms with E-state index < -0.39 is 0 Å². The van der Waals surface area contributed by atoms with E-state index in [1.54, 1.807) is 0 Å². The van der Waals surface area contributed by atoms with Crippen LogP contribution in [-0.4, -0.2) is 15.5 Å². The summed E-state index contributed by atoms with van der Waals surface area (Å²) in [6, 6.07) is 12.6. The SMILES string of the molecule is Cc1cccc(-c2cc3cnc(NC(=O)C4CC4)cc3n2C)c1. The fourth-order valence-electron chi connectivity index (χ4n) is 2.95. The highest BCUT2D eigenvalue weighted by atomic mass is 16.2. The van der Waals surface area contributed by atoms with Crippen molar-refractivity contribution in [2.75, 3.05) is 5.32 Å². The number of pyridine rings is 1. The zero-order valence-corrected chi connectivity index (χ0v) is 13.3. The predicted molar refractivity (Wildman–Crippen MR) is 92.2 cm³/mol. The van der Waals surface area contributed by atoms with Crippen molar-refractivity contribution in [1.29, 1.82) is 0 Å². The summed E-state index contributed by atoms with van der Waals surface area (Å²) < 4.78 is 2.15. The van der Waals surface area contributed by atoms with E-state index in [9.17, 15) is 4.79 Å². The molecule has 4 rings (SSSR count). The summed E-state index contributed by atoms with van der Waals surface area (Å²) in [5, 5.41) is 4.00. The molecule has 0 bridgehead atoms. The summed E-state index contributed by atoms with van der Waals surface area (Å²) in [7, 11) is 2.05. The van der Waals surface area contributed by atoms with Gasteiger partial charge in [0.1, 0.15) is 5.82 Å². The largest absolute Gasteiger partial charge is 0.343 e. The number of hydrogen-bond donors (Lipinski definition) is 1. The second-order valence-corrected chi connectivity index (χ2v) is 6.35. The van der Waals surface area contributed by atoms with Crippen LogP contribution >= 0.6 is 0 Å². The quantitative estimate of drug-likeness (QED) is 0.798. The molecule has 1 saturated carbocycles. The molecule has 1 aliphatic carbocycles. The summed E-state index contributed by atoms with van der Waals surface area (Å²) in [6.07, 6.45) is 3.82. The maximum atomic E-state index is 11.9. The van der Waals surface area contributed by atoms with Crippen LogP contribution in [0.2, 0.25) is 0 Å². The number of carbonyl (C=O) groups excluding carboxylic acids is 1. The number of anilines is 1. The van der Waals surface area contributed by atoms with Gasteiger partial charge in [-0.15, -0.1) is 0 Å². The molecular weight excluding hydrogens is 286 g/mol. The van der Waals surface area contributed by atoms with Gasteiger partial charge in [-0.3, -0.25) is 4.79 Å². The number of aromatic nitrogens is 2. The molecule has 3 aromatic rings. The van der Waals surface area contributed by atoms with E-state index in [0.29, 0.717) is 5.82 Å². The van der Waals surface area contributed by atoms with Gasteiger partial charge in [-0.1, -0.05) is 23.8 Å². The number of hydrogen-bond acceptors (Lipinski definition) is 2. The molecule has 23 heavy (non-hydrogen) atoms. The predicted octanol–water partition coefficient (Wildman–Crippen LogP) is 3.90. The van der Waals surface area contributed by atoms with Gasteiger partial charge in [0, 0.05) is 36.3 Å². The van der Waals surface area contributed by atoms with Crippen molar-refractivity contribution >= 4 is 22.6 Å². The molecule has 0 aliphatic heterocycles. The van der Waals surface area contributed by atoms with Crippen molar-refractivity contribution in [3.05, 3.63) is 48.2 Å². The van der Waals surface area contributed by atoms with E-state index in [4.69, 9.17) is 0 Å². The molecular formula is C19H19N3O. The van der Waals surface area contributed by atoms with Crippen molar-refractivity contribution in [2.24, 2.45) is 13.0 Å². The van der Waals surface area contributed by atoms with Crippen molar-refractivity contribution < 1.29 is 4.79 Å². The topological polar surface area (TPSA) is 46.9 Å². The van der Waals surface area contributed by atoms with Crippen molar-refractivity contribution in [2.45, 2.75) is 19.8 Å². The summed E-state index contributed by atoms with van der Waals surface area (Å²) >= 11 is 0. The third-order valence-electron chi connectivity index (χ3n) is 4.44. The maximum absolute atomic E-state index is 11.9. The van der Waals surface area contributed by atoms with E-state index in [1.807, 2.05) is 19.3 Å². The Kier molecular flexibility index (Phi) is 3.18. The van der Waals surface area contributed by atoms with E-state index in [0.717, 1.165) is 29.4 Å². The highest BCUT2D eigenvalue weighted by Gasteiger charge is 2.29. The molecule has 116 valence electrons. The lowest BCUT2D eigenvalue weighted by molar-refractivity contribution is -0.117. The molecule has 0 saturated heterocycles. The molecule has 1 fully saturated rings. The zero-order valence-electron chi connectivity index (χ0n) is 13.3. The lowest BCUT2D eigenvalue weighted by Crippen LogP contribution is -2.14. The normalized spacial score (nSPS) is 14.2. The number of rotatable bonds is 3. The second kappa shape index (κ2) is 5.23. The third kappa shape index (κ3) is 2.61. The number of benzene rings is 1. The number of amides is 1. The van der Waals surface area contributed by atoms with Gasteiger partial charge in [0.05, 0.1) is 5.52 Å². The average molecular weight is 305 g/mol. The maximum Gasteiger partial charge on any atom is 0.228 e. The van der Waals surface area contributed by atoms with Crippen LogP contribution in [-0.2, 0) is 11.8 Å². The van der Waals surface area contributed by atoms with Gasteiger partial charge in [0.2, 0.25) is 5.91 Å². The first kappa shape index (κ1) is 14.0. The van der Waals surface area contributed by atoms with Gasteiger partial charge in [-0.05, 0) is 37.5 Å². The lowest BCUT2D eigenvalue weighted by Gasteiger charge is -2.07. The Labute approximate surface area is 135 Å². The van der Waals surface area contributed by atoms with Crippen LogP contribution in [0.3, 0.4) is 0 Å². The highest BCUT2D eigenvalue weighted by molar-refractivity contribution is 5.95. The first-order valence-corrected chi connectivity index (χ1v) is 7.95. The summed E-state index contributed by atoms with van der Waals surface area (Å²) in [5.74, 6) is 0.903. The molecule has 1 N–H and O–H groups in total. The molecule has 2 heterocycles. The molecule has 4 heteroatoms. The Morgan fingerprint density at radius 3 is 2.83 bits per heavy atom. The molecule has 1 amide bonds. The van der Waals surface area contributed by atoms with Gasteiger partial charge in [0.25, 0.3) is 0 Å². The number of fused-ring (bicyclic) bond motifs is 1. The molecule has 4 nitrogen and oxygen atoms in total. The highest BCUT2D eigenvalue weighted by Crippen LogP contribution is 2.31. The van der Waals surface area contributed by atoms with E-state index in [1.165, 1.54) is 11.1 Å². The molecule has 0 atom stereocenters. The first-order valence-electron chi connectivity index (χ1n) is 7.95. The summed E-state index contributed by atoms with van der Waals surface area (Å²) in [4.78, 5) is 16.3. The van der Waals surface area contributed by atoms with Crippen molar-refractivity contribution in [1.82, 2.24) is 9.55 Å². The fraction of sp³-hybridized carbons (Fsp3) is 0.263. The van der Waals surface area contributed by atoms with E-state index in [-0.39, 0.29) is 11.8 Å². The van der Waals surface area contributed by atoms with E-state index >= 15 is 0 Å². The molecule has 1 aromatic carbocycles. The minimum atomic E-state index is 0.0879. The summed E-state index contributed by atoms with van der Waals surface area (Å²) in [5.41, 5.74) is 4.65. The van der Waals surface area contributed by atoms with Gasteiger partial charge in [-0.2, -0.15) is 0 Å². The molecule has 0 radical (unpaired) electrons. The van der Waals surface area contributed by atoms with Gasteiger partial charge >= 0.3 is 0 Å². The molecule has 1 aliphatic rings. The van der Waals surface area contributed by atoms with Crippen LogP contribution in [0.1, 0.15) is 18.4 Å². The van der Waals surface area contributed by atoms with Crippen LogP contribution in [0.25, 0.3) is 22.2 Å². The molecule has 0 spiro atoms. The van der Waals surface area contributed by atoms with Crippen LogP contribution < -0.4 is 5.32 Å². The minimum Gasteiger partial charge on any atom is -0.343 e. The third-order valence-corrected chi connectivity index (χ3v) is 4.44.